The van der Waals surface area contributed by atoms with Crippen LogP contribution >= 0.6 is 0 Å². The summed E-state index contributed by atoms with van der Waals surface area (Å²) in [6.45, 7) is 7.48. The van der Waals surface area contributed by atoms with Gasteiger partial charge in [0.2, 0.25) is 15.9 Å². The van der Waals surface area contributed by atoms with E-state index in [1.54, 1.807) is 13.8 Å². The Balaban J connectivity index is 1.48. The van der Waals surface area contributed by atoms with Crippen molar-refractivity contribution >= 4 is 27.3 Å². The van der Waals surface area contributed by atoms with Crippen LogP contribution in [0.3, 0.4) is 0 Å². The number of rotatable bonds is 5. The highest BCUT2D eigenvalue weighted by Crippen LogP contribution is 2.30. The maximum atomic E-state index is 13.2. The number of likely N-dealkylation sites (N-methyl/N-ethyl adjacent to an activating group) is 1. The van der Waals surface area contributed by atoms with Crippen LogP contribution in [0.5, 0.6) is 0 Å². The number of piperidine rings is 1. The highest BCUT2D eigenvalue weighted by molar-refractivity contribution is 7.89. The highest BCUT2D eigenvalue weighted by atomic mass is 32.2. The first-order valence-corrected chi connectivity index (χ1v) is 12.5. The molecule has 0 spiro atoms. The zero-order valence-electron chi connectivity index (χ0n) is 18.9. The summed E-state index contributed by atoms with van der Waals surface area (Å²) in [6, 6.07) is 7.81. The molecule has 0 saturated carbocycles. The van der Waals surface area contributed by atoms with Crippen LogP contribution in [0, 0.1) is 19.8 Å². The number of carbonyl (C=O) groups is 1. The van der Waals surface area contributed by atoms with Crippen molar-refractivity contribution in [3.05, 3.63) is 35.7 Å². The van der Waals surface area contributed by atoms with Crippen molar-refractivity contribution in [3.8, 4) is 0 Å². The van der Waals surface area contributed by atoms with Crippen LogP contribution in [-0.2, 0) is 14.8 Å². The normalized spacial score (nSPS) is 21.0. The predicted octanol–water partition coefficient (Wildman–Crippen LogP) is 2.08. The monoisotopic (exact) mass is 461 g/mol. The van der Waals surface area contributed by atoms with Crippen LogP contribution in [0.15, 0.2) is 33.7 Å². The Kier molecular flexibility index (Phi) is 6.55. The van der Waals surface area contributed by atoms with Crippen molar-refractivity contribution in [2.75, 3.05) is 56.5 Å². The number of piperazine rings is 1. The summed E-state index contributed by atoms with van der Waals surface area (Å²) < 4.78 is 32.8. The fourth-order valence-corrected chi connectivity index (χ4v) is 6.30. The van der Waals surface area contributed by atoms with Gasteiger partial charge in [-0.05, 0) is 45.9 Å². The molecule has 2 fully saturated rings. The van der Waals surface area contributed by atoms with Gasteiger partial charge >= 0.3 is 0 Å². The van der Waals surface area contributed by atoms with Crippen LogP contribution in [0.1, 0.15) is 24.3 Å². The molecule has 1 unspecified atom stereocenters. The third kappa shape index (κ3) is 4.53. The van der Waals surface area contributed by atoms with E-state index >= 15 is 0 Å². The van der Waals surface area contributed by atoms with Gasteiger partial charge in [-0.3, -0.25) is 4.79 Å². The quantitative estimate of drug-likeness (QED) is 0.728. The molecule has 2 aromatic rings. The molecule has 1 aromatic carbocycles. The zero-order chi connectivity index (χ0) is 22.9. The van der Waals surface area contributed by atoms with Crippen molar-refractivity contribution in [1.82, 2.24) is 14.4 Å². The molecule has 2 aliphatic rings. The number of anilines is 2. The molecule has 4 rings (SSSR count). The van der Waals surface area contributed by atoms with Crippen molar-refractivity contribution in [3.63, 3.8) is 0 Å². The number of aromatic nitrogens is 1. The molecule has 1 atom stereocenters. The van der Waals surface area contributed by atoms with Crippen molar-refractivity contribution in [2.45, 2.75) is 31.6 Å². The molecule has 0 bridgehead atoms. The summed E-state index contributed by atoms with van der Waals surface area (Å²) in [5.74, 6) is -0.292. The second-order valence-corrected chi connectivity index (χ2v) is 10.5. The number of para-hydroxylation sites is 2. The molecule has 0 radical (unpaired) electrons. The molecular formula is C22H31N5O4S. The number of aryl methyl sites for hydroxylation is 2. The van der Waals surface area contributed by atoms with E-state index in [-0.39, 0.29) is 23.1 Å². The average molecular weight is 462 g/mol. The van der Waals surface area contributed by atoms with Crippen molar-refractivity contribution < 1.29 is 17.7 Å². The Morgan fingerprint density at radius 1 is 1.12 bits per heavy atom. The Hall–Kier alpha value is -2.43. The van der Waals surface area contributed by atoms with E-state index in [0.29, 0.717) is 25.1 Å². The van der Waals surface area contributed by atoms with Crippen molar-refractivity contribution in [1.29, 1.82) is 0 Å². The molecule has 1 N–H and O–H groups in total. The summed E-state index contributed by atoms with van der Waals surface area (Å²) >= 11 is 0. The minimum Gasteiger partial charge on any atom is -0.367 e. The lowest BCUT2D eigenvalue weighted by atomic mass is 9.98. The molecule has 174 valence electrons. The topological polar surface area (TPSA) is 99.0 Å². The van der Waals surface area contributed by atoms with Crippen LogP contribution < -0.4 is 10.2 Å². The molecule has 10 heteroatoms. The number of hydrogen-bond acceptors (Lipinski definition) is 7. The highest BCUT2D eigenvalue weighted by Gasteiger charge is 2.36. The first kappa shape index (κ1) is 22.8. The van der Waals surface area contributed by atoms with E-state index in [0.717, 1.165) is 37.6 Å². The van der Waals surface area contributed by atoms with Crippen LogP contribution in [0.4, 0.5) is 11.4 Å². The Morgan fingerprint density at radius 3 is 2.53 bits per heavy atom. The molecular weight excluding hydrogens is 430 g/mol. The molecule has 1 aromatic heterocycles. The van der Waals surface area contributed by atoms with Crippen LogP contribution in [-0.4, -0.2) is 75.0 Å². The van der Waals surface area contributed by atoms with E-state index in [2.05, 4.69) is 27.3 Å². The number of nitrogens with one attached hydrogen (secondary N) is 1. The third-order valence-corrected chi connectivity index (χ3v) is 8.44. The van der Waals surface area contributed by atoms with Gasteiger partial charge in [-0.15, -0.1) is 0 Å². The lowest BCUT2D eigenvalue weighted by Crippen LogP contribution is -2.45. The van der Waals surface area contributed by atoms with Gasteiger partial charge in [0.15, 0.2) is 5.76 Å². The number of hydrogen-bond donors (Lipinski definition) is 1. The SMILES string of the molecule is Cc1noc(C)c1S(=O)(=O)N1CCCC(C(=O)Nc2ccccc2N2CCN(C)CC2)C1. The number of sulfonamides is 1. The lowest BCUT2D eigenvalue weighted by Gasteiger charge is -2.35. The van der Waals surface area contributed by atoms with Crippen LogP contribution in [0.25, 0.3) is 0 Å². The van der Waals surface area contributed by atoms with Gasteiger partial charge in [-0.25, -0.2) is 8.42 Å². The largest absolute Gasteiger partial charge is 0.367 e. The maximum absolute atomic E-state index is 13.2. The standard InChI is InChI=1S/C22H31N5O4S/c1-16-21(17(2)31-24-16)32(29,30)27-10-6-7-18(15-27)22(28)23-19-8-4-5-9-20(19)26-13-11-25(3)12-14-26/h4-5,8-9,18H,6-7,10-15H2,1-3H3,(H,23,28). The smallest absolute Gasteiger partial charge is 0.248 e. The molecule has 9 nitrogen and oxygen atoms in total. The summed E-state index contributed by atoms with van der Waals surface area (Å²) in [5, 5.41) is 6.85. The first-order valence-electron chi connectivity index (χ1n) is 11.0. The number of carbonyl (C=O) groups excluding carboxylic acids is 1. The van der Waals surface area contributed by atoms with Crippen LogP contribution in [0.2, 0.25) is 0 Å². The van der Waals surface area contributed by atoms with E-state index in [4.69, 9.17) is 4.52 Å². The first-order chi connectivity index (χ1) is 15.3. The van der Waals surface area contributed by atoms with Gasteiger partial charge in [0.05, 0.1) is 17.3 Å². The molecule has 2 aliphatic heterocycles. The van der Waals surface area contributed by atoms with Crippen molar-refractivity contribution in [2.24, 2.45) is 5.92 Å². The van der Waals surface area contributed by atoms with E-state index in [9.17, 15) is 13.2 Å². The Morgan fingerprint density at radius 2 is 1.84 bits per heavy atom. The second-order valence-electron chi connectivity index (χ2n) is 8.65. The molecule has 3 heterocycles. The summed E-state index contributed by atoms with van der Waals surface area (Å²) in [4.78, 5) is 17.8. The lowest BCUT2D eigenvalue weighted by molar-refractivity contribution is -0.120. The van der Waals surface area contributed by atoms with Gasteiger partial charge < -0.3 is 19.6 Å². The average Bonchev–Trinajstić information content (AvgIpc) is 3.13. The summed E-state index contributed by atoms with van der Waals surface area (Å²) in [5.41, 5.74) is 2.12. The summed E-state index contributed by atoms with van der Waals surface area (Å²) in [6.07, 6.45) is 1.27. The third-order valence-electron chi connectivity index (χ3n) is 6.33. The van der Waals surface area contributed by atoms with Gasteiger partial charge in [-0.1, -0.05) is 17.3 Å². The second kappa shape index (κ2) is 9.21. The fraction of sp³-hybridized carbons (Fsp3) is 0.545. The Bertz CT molecular complexity index is 1060. The minimum absolute atomic E-state index is 0.110. The minimum atomic E-state index is -3.77. The van der Waals surface area contributed by atoms with Gasteiger partial charge in [0.25, 0.3) is 0 Å². The number of nitrogens with zero attached hydrogens (tertiary/aromatic N) is 4. The number of benzene rings is 1. The molecule has 32 heavy (non-hydrogen) atoms. The Labute approximate surface area is 189 Å². The van der Waals surface area contributed by atoms with E-state index in [1.165, 1.54) is 4.31 Å². The van der Waals surface area contributed by atoms with Gasteiger partial charge in [0, 0.05) is 39.3 Å². The fourth-order valence-electron chi connectivity index (χ4n) is 4.48. The molecule has 2 saturated heterocycles. The van der Waals surface area contributed by atoms with Gasteiger partial charge in [0.1, 0.15) is 10.6 Å². The zero-order valence-corrected chi connectivity index (χ0v) is 19.7. The van der Waals surface area contributed by atoms with Gasteiger partial charge in [-0.2, -0.15) is 4.31 Å². The van der Waals surface area contributed by atoms with E-state index < -0.39 is 15.9 Å². The maximum Gasteiger partial charge on any atom is 0.248 e. The summed E-state index contributed by atoms with van der Waals surface area (Å²) in [7, 11) is -1.66. The molecule has 1 amide bonds. The molecule has 0 aliphatic carbocycles. The number of amides is 1. The predicted molar refractivity (Wildman–Crippen MR) is 122 cm³/mol. The van der Waals surface area contributed by atoms with E-state index in [1.807, 2.05) is 24.3 Å².